The normalized spacial score (nSPS) is 11.6. The molecule has 0 unspecified atom stereocenters. The number of nitrogens with zero attached hydrogens (tertiary/aromatic N) is 4. The molecule has 0 spiro atoms. The Hall–Kier alpha value is -3.17. The number of amides is 1. The van der Waals surface area contributed by atoms with E-state index in [9.17, 15) is 18.0 Å². The maximum absolute atomic E-state index is 12.3. The molecule has 0 aliphatic carbocycles. The molecule has 7 nitrogen and oxygen atoms in total. The Labute approximate surface area is 158 Å². The molecule has 0 fully saturated rings. The predicted octanol–water partition coefficient (Wildman–Crippen LogP) is 2.87. The number of ether oxygens (including phenoxy) is 1. The molecule has 3 aromatic rings. The van der Waals surface area contributed by atoms with Gasteiger partial charge in [0, 0.05) is 30.7 Å². The Bertz CT molecular complexity index is 1000. The van der Waals surface area contributed by atoms with E-state index >= 15 is 0 Å². The molecule has 0 saturated heterocycles. The summed E-state index contributed by atoms with van der Waals surface area (Å²) in [5.74, 6) is -0.342. The fraction of sp³-hybridized carbons (Fsp3) is 0.333. The van der Waals surface area contributed by atoms with Gasteiger partial charge in [0.1, 0.15) is 5.69 Å². The van der Waals surface area contributed by atoms with E-state index in [-0.39, 0.29) is 17.5 Å². The zero-order chi connectivity index (χ0) is 20.3. The Morgan fingerprint density at radius 2 is 2.11 bits per heavy atom. The number of alkyl halides is 3. The average molecular weight is 393 g/mol. The third-order valence-corrected chi connectivity index (χ3v) is 3.84. The molecule has 0 radical (unpaired) electrons. The molecule has 0 bridgehead atoms. The summed E-state index contributed by atoms with van der Waals surface area (Å²) in [5, 5.41) is 7.74. The quantitative estimate of drug-likeness (QED) is 0.697. The lowest BCUT2D eigenvalue weighted by atomic mass is 10.2. The van der Waals surface area contributed by atoms with Crippen molar-refractivity contribution in [3.05, 3.63) is 47.5 Å². The SMILES string of the molecule is CCNC(=O)c1nccc2nn(Cc3cnc(OCC(F)(F)F)c(C)c3)cc12. The number of rotatable bonds is 6. The summed E-state index contributed by atoms with van der Waals surface area (Å²) in [5.41, 5.74) is 2.13. The van der Waals surface area contributed by atoms with Crippen LogP contribution in [0.3, 0.4) is 0 Å². The zero-order valence-electron chi connectivity index (χ0n) is 15.2. The van der Waals surface area contributed by atoms with Crippen molar-refractivity contribution in [2.75, 3.05) is 13.2 Å². The van der Waals surface area contributed by atoms with E-state index in [1.54, 1.807) is 29.9 Å². The van der Waals surface area contributed by atoms with Crippen molar-refractivity contribution < 1.29 is 22.7 Å². The van der Waals surface area contributed by atoms with Crippen molar-refractivity contribution in [1.29, 1.82) is 0 Å². The minimum atomic E-state index is -4.42. The molecule has 0 aliphatic heterocycles. The first kappa shape index (κ1) is 19.6. The topological polar surface area (TPSA) is 81.9 Å². The number of hydrogen-bond acceptors (Lipinski definition) is 5. The highest BCUT2D eigenvalue weighted by Crippen LogP contribution is 2.21. The summed E-state index contributed by atoms with van der Waals surface area (Å²) in [6.07, 6.45) is 0.241. The summed E-state index contributed by atoms with van der Waals surface area (Å²) in [4.78, 5) is 20.2. The minimum absolute atomic E-state index is 0.0607. The molecule has 0 saturated carbocycles. The van der Waals surface area contributed by atoms with Gasteiger partial charge < -0.3 is 10.1 Å². The third-order valence-electron chi connectivity index (χ3n) is 3.84. The fourth-order valence-corrected chi connectivity index (χ4v) is 2.70. The number of carbonyl (C=O) groups is 1. The lowest BCUT2D eigenvalue weighted by molar-refractivity contribution is -0.154. The van der Waals surface area contributed by atoms with Crippen LogP contribution in [0, 0.1) is 6.92 Å². The second kappa shape index (κ2) is 7.83. The van der Waals surface area contributed by atoms with E-state index < -0.39 is 12.8 Å². The van der Waals surface area contributed by atoms with Crippen molar-refractivity contribution >= 4 is 16.8 Å². The number of fused-ring (bicyclic) bond motifs is 1. The summed E-state index contributed by atoms with van der Waals surface area (Å²) in [6.45, 7) is 2.87. The first-order valence-corrected chi connectivity index (χ1v) is 8.52. The smallest absolute Gasteiger partial charge is 0.422 e. The standard InChI is InChI=1S/C18H18F3N5O2/c1-3-22-16(27)15-13-9-26(25-14(13)4-5-23-15)8-12-6-11(2)17(24-7-12)28-10-18(19,20)21/h4-7,9H,3,8,10H2,1-2H3,(H,22,27). The first-order valence-electron chi connectivity index (χ1n) is 8.52. The van der Waals surface area contributed by atoms with E-state index in [1.165, 1.54) is 12.4 Å². The number of aromatic nitrogens is 4. The van der Waals surface area contributed by atoms with Crippen molar-refractivity contribution in [3.63, 3.8) is 0 Å². The molecule has 3 heterocycles. The van der Waals surface area contributed by atoms with Gasteiger partial charge in [-0.3, -0.25) is 14.5 Å². The lowest BCUT2D eigenvalue weighted by Gasteiger charge is -2.11. The number of aryl methyl sites for hydroxylation is 1. The first-order chi connectivity index (χ1) is 13.3. The Morgan fingerprint density at radius 1 is 1.32 bits per heavy atom. The Kier molecular flexibility index (Phi) is 5.48. The van der Waals surface area contributed by atoms with Gasteiger partial charge >= 0.3 is 6.18 Å². The molecule has 1 N–H and O–H groups in total. The highest BCUT2D eigenvalue weighted by molar-refractivity contribution is 6.04. The van der Waals surface area contributed by atoms with Gasteiger partial charge in [-0.2, -0.15) is 18.3 Å². The molecule has 0 aliphatic rings. The number of pyridine rings is 2. The van der Waals surface area contributed by atoms with Gasteiger partial charge in [-0.15, -0.1) is 0 Å². The molecule has 1 amide bonds. The van der Waals surface area contributed by atoms with Crippen LogP contribution in [0.15, 0.2) is 30.7 Å². The van der Waals surface area contributed by atoms with Gasteiger partial charge in [0.05, 0.1) is 17.4 Å². The van der Waals surface area contributed by atoms with Crippen LogP contribution in [0.5, 0.6) is 5.88 Å². The van der Waals surface area contributed by atoms with Gasteiger partial charge in [0.15, 0.2) is 6.61 Å². The highest BCUT2D eigenvalue weighted by atomic mass is 19.4. The molecule has 28 heavy (non-hydrogen) atoms. The second-order valence-electron chi connectivity index (χ2n) is 6.15. The molecule has 3 aromatic heterocycles. The van der Waals surface area contributed by atoms with Crippen molar-refractivity contribution in [3.8, 4) is 5.88 Å². The van der Waals surface area contributed by atoms with E-state index in [1.807, 2.05) is 6.92 Å². The van der Waals surface area contributed by atoms with Gasteiger partial charge in [-0.05, 0) is 31.5 Å². The maximum Gasteiger partial charge on any atom is 0.422 e. The van der Waals surface area contributed by atoms with E-state index in [0.717, 1.165) is 5.56 Å². The highest BCUT2D eigenvalue weighted by Gasteiger charge is 2.29. The average Bonchev–Trinajstić information content (AvgIpc) is 3.02. The molecule has 10 heteroatoms. The van der Waals surface area contributed by atoms with E-state index in [0.29, 0.717) is 29.6 Å². The number of nitrogens with one attached hydrogen (secondary N) is 1. The van der Waals surface area contributed by atoms with Crippen LogP contribution in [-0.4, -0.2) is 45.0 Å². The number of halogens is 3. The van der Waals surface area contributed by atoms with Crippen molar-refractivity contribution in [1.82, 2.24) is 25.1 Å². The molecule has 0 aromatic carbocycles. The van der Waals surface area contributed by atoms with Crippen LogP contribution in [0.2, 0.25) is 0 Å². The van der Waals surface area contributed by atoms with Crippen molar-refractivity contribution in [2.24, 2.45) is 0 Å². The van der Waals surface area contributed by atoms with E-state index in [2.05, 4.69) is 20.4 Å². The molecular weight excluding hydrogens is 375 g/mol. The molecule has 0 atom stereocenters. The van der Waals surface area contributed by atoms with Crippen LogP contribution >= 0.6 is 0 Å². The van der Waals surface area contributed by atoms with Gasteiger partial charge in [0.2, 0.25) is 5.88 Å². The zero-order valence-corrected chi connectivity index (χ0v) is 15.2. The Balaban J connectivity index is 1.80. The van der Waals surface area contributed by atoms with Crippen LogP contribution in [-0.2, 0) is 6.54 Å². The monoisotopic (exact) mass is 393 g/mol. The molecule has 3 rings (SSSR count). The lowest BCUT2D eigenvalue weighted by Crippen LogP contribution is -2.23. The largest absolute Gasteiger partial charge is 0.468 e. The summed E-state index contributed by atoms with van der Waals surface area (Å²) in [6, 6.07) is 3.39. The summed E-state index contributed by atoms with van der Waals surface area (Å²) < 4.78 is 43.2. The van der Waals surface area contributed by atoms with Gasteiger partial charge in [-0.1, -0.05) is 0 Å². The molecule has 148 valence electrons. The van der Waals surface area contributed by atoms with Gasteiger partial charge in [0.25, 0.3) is 5.91 Å². The maximum atomic E-state index is 12.3. The van der Waals surface area contributed by atoms with Crippen LogP contribution in [0.25, 0.3) is 10.9 Å². The predicted molar refractivity (Wildman–Crippen MR) is 95.2 cm³/mol. The minimum Gasteiger partial charge on any atom is -0.468 e. The number of carbonyl (C=O) groups excluding carboxylic acids is 1. The summed E-state index contributed by atoms with van der Waals surface area (Å²) >= 11 is 0. The number of hydrogen-bond donors (Lipinski definition) is 1. The van der Waals surface area contributed by atoms with Crippen LogP contribution in [0.1, 0.15) is 28.5 Å². The van der Waals surface area contributed by atoms with E-state index in [4.69, 9.17) is 4.74 Å². The van der Waals surface area contributed by atoms with Crippen molar-refractivity contribution in [2.45, 2.75) is 26.6 Å². The molecular formula is C18H18F3N5O2. The fourth-order valence-electron chi connectivity index (χ4n) is 2.70. The van der Waals surface area contributed by atoms with Crippen LogP contribution < -0.4 is 10.1 Å². The Morgan fingerprint density at radius 3 is 2.79 bits per heavy atom. The second-order valence-corrected chi connectivity index (χ2v) is 6.15. The third kappa shape index (κ3) is 4.56. The summed E-state index contributed by atoms with van der Waals surface area (Å²) in [7, 11) is 0. The van der Waals surface area contributed by atoms with Gasteiger partial charge in [-0.25, -0.2) is 4.98 Å². The van der Waals surface area contributed by atoms with Crippen LogP contribution in [0.4, 0.5) is 13.2 Å².